The van der Waals surface area contributed by atoms with Gasteiger partial charge < -0.3 is 5.32 Å². The predicted molar refractivity (Wildman–Crippen MR) is 132 cm³/mol. The summed E-state index contributed by atoms with van der Waals surface area (Å²) in [5.74, 6) is -0.164. The maximum Gasteiger partial charge on any atom is 0.264 e. The Morgan fingerprint density at radius 2 is 1.59 bits per heavy atom. The molecule has 3 rings (SSSR count). The van der Waals surface area contributed by atoms with E-state index < -0.39 is 10.0 Å². The summed E-state index contributed by atoms with van der Waals surface area (Å²) in [6.07, 6.45) is 3.70. The largest absolute Gasteiger partial charge is 0.352 e. The molecule has 7 heteroatoms. The maximum atomic E-state index is 13.1. The van der Waals surface area contributed by atoms with E-state index in [-0.39, 0.29) is 17.3 Å². The van der Waals surface area contributed by atoms with Crippen LogP contribution in [0.2, 0.25) is 0 Å². The van der Waals surface area contributed by atoms with Crippen LogP contribution < -0.4 is 9.62 Å². The number of nitrogens with zero attached hydrogens (tertiary/aromatic N) is 1. The second-order valence-corrected chi connectivity index (χ2v) is 9.98. The summed E-state index contributed by atoms with van der Waals surface area (Å²) in [6, 6.07) is 23.7. The number of thioether (sulfide) groups is 1. The molecule has 5 nitrogen and oxygen atoms in total. The van der Waals surface area contributed by atoms with Gasteiger partial charge in [0.15, 0.2) is 0 Å². The Labute approximate surface area is 194 Å². The molecule has 3 aromatic rings. The second-order valence-electron chi connectivity index (χ2n) is 7.24. The molecule has 0 saturated carbocycles. The minimum atomic E-state index is -3.68. The summed E-state index contributed by atoms with van der Waals surface area (Å²) >= 11 is 1.56. The van der Waals surface area contributed by atoms with E-state index in [1.807, 2.05) is 24.5 Å². The van der Waals surface area contributed by atoms with E-state index in [1.165, 1.54) is 9.87 Å². The van der Waals surface area contributed by atoms with Gasteiger partial charge in [0.25, 0.3) is 15.9 Å². The van der Waals surface area contributed by atoms with E-state index in [0.717, 1.165) is 17.7 Å². The van der Waals surface area contributed by atoms with Gasteiger partial charge >= 0.3 is 0 Å². The number of aryl methyl sites for hydroxylation is 1. The van der Waals surface area contributed by atoms with Crippen molar-refractivity contribution in [2.45, 2.75) is 29.6 Å². The lowest BCUT2D eigenvalue weighted by atomic mass is 10.1. The molecule has 0 fully saturated rings. The molecule has 0 aliphatic carbocycles. The number of carbonyl (C=O) groups is 1. The quantitative estimate of drug-likeness (QED) is 0.336. The number of amides is 1. The molecule has 0 spiro atoms. The van der Waals surface area contributed by atoms with Gasteiger partial charge in [0.1, 0.15) is 0 Å². The molecule has 0 heterocycles. The highest BCUT2D eigenvalue weighted by atomic mass is 32.2. The van der Waals surface area contributed by atoms with Crippen LogP contribution in [0.15, 0.2) is 88.7 Å². The number of carbonyl (C=O) groups excluding carboxylic acids is 1. The topological polar surface area (TPSA) is 66.5 Å². The number of anilines is 1. The molecule has 0 radical (unpaired) electrons. The molecule has 0 atom stereocenters. The van der Waals surface area contributed by atoms with Crippen LogP contribution in [0.25, 0.3) is 0 Å². The van der Waals surface area contributed by atoms with Crippen molar-refractivity contribution in [1.82, 2.24) is 5.32 Å². The third kappa shape index (κ3) is 5.93. The van der Waals surface area contributed by atoms with E-state index >= 15 is 0 Å². The summed E-state index contributed by atoms with van der Waals surface area (Å²) in [5, 5.41) is 2.93. The minimum absolute atomic E-state index is 0.164. The fourth-order valence-electron chi connectivity index (χ4n) is 3.39. The minimum Gasteiger partial charge on any atom is -0.352 e. The third-order valence-electron chi connectivity index (χ3n) is 5.12. The average Bonchev–Trinajstić information content (AvgIpc) is 2.83. The zero-order chi connectivity index (χ0) is 23.0. The van der Waals surface area contributed by atoms with Gasteiger partial charge in [-0.15, -0.1) is 11.8 Å². The Bertz CT molecular complexity index is 1110. The number of nitrogens with one attached hydrogen (secondary N) is 1. The van der Waals surface area contributed by atoms with Gasteiger partial charge in [-0.3, -0.25) is 9.10 Å². The van der Waals surface area contributed by atoms with Crippen molar-refractivity contribution in [2.75, 3.05) is 23.7 Å². The van der Waals surface area contributed by atoms with Crippen LogP contribution in [0.1, 0.15) is 29.3 Å². The van der Waals surface area contributed by atoms with Crippen LogP contribution >= 0.6 is 11.8 Å². The SMILES string of the molecule is CCN(c1ccc(C(=O)NCCCc2ccccc2)cc1)S(=O)(=O)c1ccc(SC)cc1. The molecule has 0 unspecified atom stereocenters. The smallest absolute Gasteiger partial charge is 0.264 e. The van der Waals surface area contributed by atoms with E-state index in [2.05, 4.69) is 17.4 Å². The fraction of sp³-hybridized carbons (Fsp3) is 0.240. The Kier molecular flexibility index (Phi) is 8.36. The molecule has 0 saturated heterocycles. The fourth-order valence-corrected chi connectivity index (χ4v) is 5.27. The lowest BCUT2D eigenvalue weighted by Gasteiger charge is -2.23. The molecule has 1 amide bonds. The van der Waals surface area contributed by atoms with E-state index in [4.69, 9.17) is 0 Å². The standard InChI is InChI=1S/C25H28N2O3S2/c1-3-27(32(29,30)24-17-15-23(31-2)16-18-24)22-13-11-21(12-14-22)25(28)26-19-7-10-20-8-5-4-6-9-20/h4-6,8-9,11-18H,3,7,10,19H2,1-2H3,(H,26,28). The maximum absolute atomic E-state index is 13.1. The van der Waals surface area contributed by atoms with Crippen molar-refractivity contribution < 1.29 is 13.2 Å². The van der Waals surface area contributed by atoms with Crippen molar-refractivity contribution in [3.8, 4) is 0 Å². The zero-order valence-electron chi connectivity index (χ0n) is 18.3. The van der Waals surface area contributed by atoms with E-state index in [1.54, 1.807) is 67.2 Å². The summed E-state index contributed by atoms with van der Waals surface area (Å²) < 4.78 is 27.6. The number of rotatable bonds is 10. The highest BCUT2D eigenvalue weighted by molar-refractivity contribution is 7.98. The Morgan fingerprint density at radius 3 is 2.19 bits per heavy atom. The van der Waals surface area contributed by atoms with Crippen molar-refractivity contribution >= 4 is 33.4 Å². The Hall–Kier alpha value is -2.77. The monoisotopic (exact) mass is 468 g/mol. The van der Waals surface area contributed by atoms with Crippen molar-refractivity contribution in [1.29, 1.82) is 0 Å². The van der Waals surface area contributed by atoms with Gasteiger partial charge in [-0.05, 0) is 80.1 Å². The van der Waals surface area contributed by atoms with E-state index in [9.17, 15) is 13.2 Å². The number of hydrogen-bond acceptors (Lipinski definition) is 4. The van der Waals surface area contributed by atoms with Crippen molar-refractivity contribution in [3.63, 3.8) is 0 Å². The normalized spacial score (nSPS) is 11.2. The van der Waals surface area contributed by atoms with Crippen LogP contribution in [-0.2, 0) is 16.4 Å². The molecule has 0 aromatic heterocycles. The highest BCUT2D eigenvalue weighted by Crippen LogP contribution is 2.25. The average molecular weight is 469 g/mol. The predicted octanol–water partition coefficient (Wildman–Crippen LogP) is 4.99. The molecule has 1 N–H and O–H groups in total. The summed E-state index contributed by atoms with van der Waals surface area (Å²) in [5.41, 5.74) is 2.28. The molecule has 0 bridgehead atoms. The Balaban J connectivity index is 1.62. The van der Waals surface area contributed by atoms with Crippen LogP contribution in [0.3, 0.4) is 0 Å². The van der Waals surface area contributed by atoms with Gasteiger partial charge in [-0.1, -0.05) is 30.3 Å². The summed E-state index contributed by atoms with van der Waals surface area (Å²) in [4.78, 5) is 13.7. The van der Waals surface area contributed by atoms with Crippen LogP contribution in [0, 0.1) is 0 Å². The van der Waals surface area contributed by atoms with Crippen LogP contribution in [0.5, 0.6) is 0 Å². The van der Waals surface area contributed by atoms with Crippen LogP contribution in [0.4, 0.5) is 5.69 Å². The van der Waals surface area contributed by atoms with Gasteiger partial charge in [0.05, 0.1) is 10.6 Å². The first kappa shape index (κ1) is 23.9. The Morgan fingerprint density at radius 1 is 0.938 bits per heavy atom. The number of sulfonamides is 1. The third-order valence-corrected chi connectivity index (χ3v) is 7.78. The summed E-state index contributed by atoms with van der Waals surface area (Å²) in [7, 11) is -3.68. The lowest BCUT2D eigenvalue weighted by Crippen LogP contribution is -2.31. The van der Waals surface area contributed by atoms with Crippen molar-refractivity contribution in [3.05, 3.63) is 90.0 Å². The zero-order valence-corrected chi connectivity index (χ0v) is 20.0. The molecular weight excluding hydrogens is 440 g/mol. The summed E-state index contributed by atoms with van der Waals surface area (Å²) in [6.45, 7) is 2.66. The molecular formula is C25H28N2O3S2. The van der Waals surface area contributed by atoms with Gasteiger partial charge in [-0.2, -0.15) is 0 Å². The van der Waals surface area contributed by atoms with E-state index in [0.29, 0.717) is 17.8 Å². The molecule has 0 aliphatic rings. The first-order valence-electron chi connectivity index (χ1n) is 10.5. The van der Waals surface area contributed by atoms with Gasteiger partial charge in [0, 0.05) is 23.5 Å². The van der Waals surface area contributed by atoms with Gasteiger partial charge in [0.2, 0.25) is 0 Å². The van der Waals surface area contributed by atoms with Crippen molar-refractivity contribution in [2.24, 2.45) is 0 Å². The molecule has 0 aliphatic heterocycles. The molecule has 32 heavy (non-hydrogen) atoms. The lowest BCUT2D eigenvalue weighted by molar-refractivity contribution is 0.0953. The molecule has 3 aromatic carbocycles. The molecule has 168 valence electrons. The highest BCUT2D eigenvalue weighted by Gasteiger charge is 2.23. The second kappa shape index (κ2) is 11.2. The van der Waals surface area contributed by atoms with Crippen LogP contribution in [-0.4, -0.2) is 33.7 Å². The first-order valence-corrected chi connectivity index (χ1v) is 13.2. The van der Waals surface area contributed by atoms with Gasteiger partial charge in [-0.25, -0.2) is 8.42 Å². The number of benzene rings is 3. The first-order chi connectivity index (χ1) is 15.5. The number of hydrogen-bond donors (Lipinski definition) is 1.